The van der Waals surface area contributed by atoms with E-state index in [0.717, 1.165) is 15.3 Å². The van der Waals surface area contributed by atoms with Gasteiger partial charge in [0.25, 0.3) is 0 Å². The van der Waals surface area contributed by atoms with Gasteiger partial charge in [-0.05, 0) is 0 Å². The van der Waals surface area contributed by atoms with Gasteiger partial charge in [-0.2, -0.15) is 0 Å². The number of hydrogen-bond donors (Lipinski definition) is 0. The Kier molecular flexibility index (Phi) is 2.07. The molecule has 2 aliphatic carbocycles. The average Bonchev–Trinajstić information content (AvgIpc) is 2.45. The van der Waals surface area contributed by atoms with Gasteiger partial charge in [-0.15, -0.1) is 0 Å². The van der Waals surface area contributed by atoms with E-state index >= 15 is 0 Å². The van der Waals surface area contributed by atoms with Gasteiger partial charge in [0, 0.05) is 0 Å². The Hall–Kier alpha value is 1.23. The van der Waals surface area contributed by atoms with E-state index in [1.165, 1.54) is 19.3 Å². The first-order chi connectivity index (χ1) is 4.40. The van der Waals surface area contributed by atoms with Crippen molar-refractivity contribution in [3.05, 3.63) is 0 Å². The fourth-order valence-corrected chi connectivity index (χ4v) is 10.8. The van der Waals surface area contributed by atoms with Gasteiger partial charge in [0.1, 0.15) is 0 Å². The third-order valence-electron chi connectivity index (χ3n) is 3.08. The van der Waals surface area contributed by atoms with Gasteiger partial charge in [-0.1, -0.05) is 0 Å². The molecule has 2 aliphatic rings. The third kappa shape index (κ3) is 1.18. The Morgan fingerprint density at radius 2 is 2.11 bits per heavy atom. The molecule has 0 aromatic carbocycles. The number of hydrogen-bond acceptors (Lipinski definition) is 0. The quantitative estimate of drug-likeness (QED) is 0.648. The van der Waals surface area contributed by atoms with E-state index in [2.05, 4.69) is 0 Å². The molecule has 2 bridgehead atoms. The standard InChI is InChI=1S/C7H11.ClH.Hg/c1-2-7-4-3-6(1)5-7;;/h1,6-7H,2-5H2;1H;/q;;+1/p-1. The Bertz CT molecular complexity index is 115. The minimum absolute atomic E-state index is 0.815. The second kappa shape index (κ2) is 2.69. The van der Waals surface area contributed by atoms with E-state index < -0.39 is 23.3 Å². The molecular weight excluding hydrogens is 320 g/mol. The van der Waals surface area contributed by atoms with E-state index in [1.807, 2.05) is 0 Å². The zero-order valence-electron chi connectivity index (χ0n) is 5.65. The van der Waals surface area contributed by atoms with Crippen LogP contribution in [0.2, 0.25) is 3.43 Å². The van der Waals surface area contributed by atoms with Crippen molar-refractivity contribution in [3.63, 3.8) is 0 Å². The molecule has 0 spiro atoms. The molecule has 0 aromatic rings. The molecule has 2 saturated carbocycles. The van der Waals surface area contributed by atoms with Crippen LogP contribution < -0.4 is 0 Å². The first kappa shape index (κ1) is 6.91. The molecule has 0 aliphatic heterocycles. The Labute approximate surface area is 72.2 Å². The predicted molar refractivity (Wildman–Crippen MR) is 35.1 cm³/mol. The molecule has 0 saturated heterocycles. The number of halogens is 1. The van der Waals surface area contributed by atoms with Crippen molar-refractivity contribution in [2.45, 2.75) is 29.1 Å². The maximum atomic E-state index is 6.02. The molecule has 0 amide bonds. The summed E-state index contributed by atoms with van der Waals surface area (Å²) in [6.07, 6.45) is 6.15. The summed E-state index contributed by atoms with van der Waals surface area (Å²) >= 11 is -0.815. The summed E-state index contributed by atoms with van der Waals surface area (Å²) in [5.74, 6) is 2.24. The summed E-state index contributed by atoms with van der Waals surface area (Å²) in [4.78, 5) is 0. The average molecular weight is 331 g/mol. The van der Waals surface area contributed by atoms with Crippen molar-refractivity contribution < 1.29 is 23.3 Å². The van der Waals surface area contributed by atoms with E-state index in [1.54, 1.807) is 6.42 Å². The van der Waals surface area contributed by atoms with Crippen molar-refractivity contribution in [1.29, 1.82) is 0 Å². The van der Waals surface area contributed by atoms with E-state index in [9.17, 15) is 0 Å². The summed E-state index contributed by atoms with van der Waals surface area (Å²) in [6.45, 7) is 0. The molecule has 0 heterocycles. The van der Waals surface area contributed by atoms with Crippen LogP contribution in [0.25, 0.3) is 0 Å². The van der Waals surface area contributed by atoms with Crippen LogP contribution in [0.4, 0.5) is 0 Å². The van der Waals surface area contributed by atoms with Gasteiger partial charge in [0.05, 0.1) is 0 Å². The minimum atomic E-state index is -0.815. The topological polar surface area (TPSA) is 0 Å². The normalized spacial score (nSPS) is 47.4. The molecule has 3 atom stereocenters. The maximum absolute atomic E-state index is 6.02. The monoisotopic (exact) mass is 332 g/mol. The summed E-state index contributed by atoms with van der Waals surface area (Å²) in [5.41, 5.74) is 0. The van der Waals surface area contributed by atoms with E-state index in [0.29, 0.717) is 0 Å². The molecule has 2 rings (SSSR count). The van der Waals surface area contributed by atoms with Crippen LogP contribution in [0.5, 0.6) is 0 Å². The molecule has 0 radical (unpaired) electrons. The number of fused-ring (bicyclic) bond motifs is 2. The molecule has 48 valence electrons. The van der Waals surface area contributed by atoms with Gasteiger partial charge in [0.15, 0.2) is 0 Å². The fourth-order valence-electron chi connectivity index (χ4n) is 2.57. The molecule has 0 N–H and O–H groups in total. The predicted octanol–water partition coefficient (Wildman–Crippen LogP) is 2.83. The first-order valence-corrected chi connectivity index (χ1v) is 13.9. The van der Waals surface area contributed by atoms with Crippen LogP contribution in [0, 0.1) is 11.8 Å². The van der Waals surface area contributed by atoms with Crippen molar-refractivity contribution >= 4 is 8.25 Å². The van der Waals surface area contributed by atoms with Gasteiger partial charge in [-0.3, -0.25) is 0 Å². The molecule has 9 heavy (non-hydrogen) atoms. The zero-order chi connectivity index (χ0) is 6.27. The molecule has 0 nitrogen and oxygen atoms in total. The summed E-state index contributed by atoms with van der Waals surface area (Å²) in [5, 5.41) is 0. The second-order valence-electron chi connectivity index (χ2n) is 3.59. The van der Waals surface area contributed by atoms with Gasteiger partial charge in [0.2, 0.25) is 0 Å². The van der Waals surface area contributed by atoms with Crippen molar-refractivity contribution in [1.82, 2.24) is 0 Å². The van der Waals surface area contributed by atoms with Crippen LogP contribution in [-0.4, -0.2) is 0 Å². The van der Waals surface area contributed by atoms with Crippen molar-refractivity contribution in [2.75, 3.05) is 0 Å². The van der Waals surface area contributed by atoms with Crippen LogP contribution in [0.1, 0.15) is 25.7 Å². The Balaban J connectivity index is 2.01. The Morgan fingerprint density at radius 1 is 1.22 bits per heavy atom. The summed E-state index contributed by atoms with van der Waals surface area (Å²) < 4.78 is 1.12. The fraction of sp³-hybridized carbons (Fsp3) is 1.00. The first-order valence-electron chi connectivity index (χ1n) is 3.96. The van der Waals surface area contributed by atoms with Gasteiger partial charge < -0.3 is 0 Å². The summed E-state index contributed by atoms with van der Waals surface area (Å²) in [7, 11) is 6.02. The molecule has 2 heteroatoms. The number of rotatable bonds is 1. The SMILES string of the molecule is [Cl][Hg][CH]1CC2CCC1C2. The van der Waals surface area contributed by atoms with Crippen molar-refractivity contribution in [2.24, 2.45) is 11.8 Å². The zero-order valence-corrected chi connectivity index (χ0v) is 11.9. The molecular formula is C7H11ClHg. The van der Waals surface area contributed by atoms with E-state index in [4.69, 9.17) is 8.25 Å². The van der Waals surface area contributed by atoms with Crippen LogP contribution in [0.15, 0.2) is 0 Å². The van der Waals surface area contributed by atoms with Crippen LogP contribution in [-0.2, 0) is 23.3 Å². The second-order valence-corrected chi connectivity index (χ2v) is 11.6. The Morgan fingerprint density at radius 3 is 2.44 bits per heavy atom. The van der Waals surface area contributed by atoms with Gasteiger partial charge in [-0.25, -0.2) is 0 Å². The third-order valence-corrected chi connectivity index (χ3v) is 12.0. The van der Waals surface area contributed by atoms with Gasteiger partial charge >= 0.3 is 72.5 Å². The summed E-state index contributed by atoms with van der Waals surface area (Å²) in [6, 6.07) is 0. The molecule has 0 aromatic heterocycles. The molecule has 3 unspecified atom stereocenters. The molecule has 2 fully saturated rings. The van der Waals surface area contributed by atoms with Crippen LogP contribution in [0.3, 0.4) is 0 Å². The van der Waals surface area contributed by atoms with E-state index in [-0.39, 0.29) is 0 Å². The van der Waals surface area contributed by atoms with Crippen LogP contribution >= 0.6 is 8.25 Å². The van der Waals surface area contributed by atoms with Crippen molar-refractivity contribution in [3.8, 4) is 0 Å².